The predicted molar refractivity (Wildman–Crippen MR) is 141 cm³/mol. The Labute approximate surface area is 209 Å². The first kappa shape index (κ1) is 26.3. The number of thioether (sulfide) groups is 1. The van der Waals surface area contributed by atoms with Crippen molar-refractivity contribution in [3.8, 4) is 0 Å². The van der Waals surface area contributed by atoms with Crippen molar-refractivity contribution in [3.63, 3.8) is 0 Å². The van der Waals surface area contributed by atoms with E-state index in [2.05, 4.69) is 24.1 Å². The number of aromatic nitrogens is 2. The Hall–Kier alpha value is -2.27. The van der Waals surface area contributed by atoms with Crippen LogP contribution in [-0.4, -0.2) is 62.5 Å². The van der Waals surface area contributed by atoms with E-state index in [0.717, 1.165) is 25.7 Å². The van der Waals surface area contributed by atoms with E-state index in [1.807, 2.05) is 6.07 Å². The molecule has 0 aliphatic carbocycles. The number of carbonyl (C=O) groups is 1. The number of nitrogens with zero attached hydrogens (tertiary/aromatic N) is 3. The number of nitrogens with one attached hydrogen (secondary N) is 1. The summed E-state index contributed by atoms with van der Waals surface area (Å²) in [5, 5.41) is 12.0. The predicted octanol–water partition coefficient (Wildman–Crippen LogP) is 3.53. The van der Waals surface area contributed by atoms with E-state index in [-0.39, 0.29) is 24.7 Å². The molecule has 34 heavy (non-hydrogen) atoms. The smallest absolute Gasteiger partial charge is 0.267 e. The number of fused-ring (bicyclic) bond motifs is 1. The molecule has 1 aliphatic heterocycles. The summed E-state index contributed by atoms with van der Waals surface area (Å²) < 4.78 is 7.27. The van der Waals surface area contributed by atoms with Gasteiger partial charge in [0.2, 0.25) is 0 Å². The molecule has 2 aromatic rings. The lowest BCUT2D eigenvalue weighted by Gasteiger charge is -2.21. The third kappa shape index (κ3) is 6.44. The fourth-order valence-corrected chi connectivity index (χ4v) is 5.00. The van der Waals surface area contributed by atoms with Gasteiger partial charge in [0.1, 0.15) is 15.8 Å². The highest BCUT2D eigenvalue weighted by atomic mass is 32.2. The molecule has 2 aromatic heterocycles. The van der Waals surface area contributed by atoms with E-state index < -0.39 is 0 Å². The molecule has 184 valence electrons. The zero-order valence-corrected chi connectivity index (χ0v) is 21.3. The number of anilines is 1. The second-order valence-corrected chi connectivity index (χ2v) is 9.76. The van der Waals surface area contributed by atoms with Crippen LogP contribution < -0.4 is 10.9 Å². The van der Waals surface area contributed by atoms with Crippen LogP contribution in [0.25, 0.3) is 11.7 Å². The van der Waals surface area contributed by atoms with Gasteiger partial charge in [-0.15, -0.1) is 0 Å². The maximum Gasteiger partial charge on any atom is 0.267 e. The molecular formula is C24H32N4O4S2. The molecule has 0 radical (unpaired) electrons. The molecule has 1 saturated heterocycles. The van der Waals surface area contributed by atoms with Crippen LogP contribution in [0.3, 0.4) is 0 Å². The highest BCUT2D eigenvalue weighted by Crippen LogP contribution is 2.34. The molecule has 0 spiro atoms. The van der Waals surface area contributed by atoms with Crippen LogP contribution in [-0.2, 0) is 9.53 Å². The molecule has 1 unspecified atom stereocenters. The molecule has 3 heterocycles. The van der Waals surface area contributed by atoms with Crippen molar-refractivity contribution in [2.75, 3.05) is 38.2 Å². The highest BCUT2D eigenvalue weighted by molar-refractivity contribution is 8.26. The number of hydrogen-bond donors (Lipinski definition) is 2. The lowest BCUT2D eigenvalue weighted by atomic mass is 9.99. The van der Waals surface area contributed by atoms with Gasteiger partial charge in [0.05, 0.1) is 30.3 Å². The van der Waals surface area contributed by atoms with Gasteiger partial charge in [-0.3, -0.25) is 18.9 Å². The number of carbonyl (C=O) groups excluding carboxylic acids is 1. The van der Waals surface area contributed by atoms with Crippen LogP contribution >= 0.6 is 24.0 Å². The summed E-state index contributed by atoms with van der Waals surface area (Å²) in [5.41, 5.74) is 0.520. The zero-order chi connectivity index (χ0) is 24.5. The van der Waals surface area contributed by atoms with E-state index in [1.54, 1.807) is 29.3 Å². The molecular weight excluding hydrogens is 472 g/mol. The minimum absolute atomic E-state index is 0.0556. The van der Waals surface area contributed by atoms with Crippen LogP contribution in [0.1, 0.15) is 45.1 Å². The highest BCUT2D eigenvalue weighted by Gasteiger charge is 2.33. The lowest BCUT2D eigenvalue weighted by molar-refractivity contribution is -0.122. The summed E-state index contributed by atoms with van der Waals surface area (Å²) in [6.07, 6.45) is 7.54. The van der Waals surface area contributed by atoms with Crippen molar-refractivity contribution in [1.29, 1.82) is 0 Å². The number of rotatable bonds is 13. The molecule has 1 aliphatic rings. The number of thiocarbonyl (C=S) groups is 1. The normalized spacial score (nSPS) is 16.1. The van der Waals surface area contributed by atoms with Gasteiger partial charge in [0, 0.05) is 19.3 Å². The number of aliphatic hydroxyl groups is 1. The first-order valence-electron chi connectivity index (χ1n) is 11.7. The Morgan fingerprint density at radius 1 is 1.29 bits per heavy atom. The van der Waals surface area contributed by atoms with Gasteiger partial charge < -0.3 is 15.2 Å². The summed E-state index contributed by atoms with van der Waals surface area (Å²) >= 11 is 6.74. The van der Waals surface area contributed by atoms with Crippen LogP contribution in [0.15, 0.2) is 34.1 Å². The Kier molecular flexibility index (Phi) is 10.1. The number of amides is 1. The maximum absolute atomic E-state index is 13.3. The maximum atomic E-state index is 13.3. The molecule has 1 atom stereocenters. The van der Waals surface area contributed by atoms with Crippen molar-refractivity contribution >= 4 is 51.7 Å². The second kappa shape index (κ2) is 13.0. The first-order valence-corrected chi connectivity index (χ1v) is 12.9. The number of ether oxygens (including phenoxy) is 1. The van der Waals surface area contributed by atoms with Gasteiger partial charge in [0.15, 0.2) is 0 Å². The van der Waals surface area contributed by atoms with E-state index in [9.17, 15) is 9.59 Å². The van der Waals surface area contributed by atoms with Crippen LogP contribution in [0.5, 0.6) is 0 Å². The second-order valence-electron chi connectivity index (χ2n) is 8.08. The van der Waals surface area contributed by atoms with E-state index in [1.165, 1.54) is 16.2 Å². The number of aliphatic hydroxyl groups excluding tert-OH is 1. The third-order valence-electron chi connectivity index (χ3n) is 5.68. The minimum atomic E-state index is -0.274. The topological polar surface area (TPSA) is 96.2 Å². The molecule has 0 bridgehead atoms. The largest absolute Gasteiger partial charge is 0.394 e. The lowest BCUT2D eigenvalue weighted by Crippen LogP contribution is -2.33. The molecule has 1 fully saturated rings. The molecule has 0 aromatic carbocycles. The average molecular weight is 505 g/mol. The molecule has 3 rings (SSSR count). The molecule has 10 heteroatoms. The van der Waals surface area contributed by atoms with Gasteiger partial charge in [-0.25, -0.2) is 4.98 Å². The van der Waals surface area contributed by atoms with Crippen LogP contribution in [0, 0.1) is 5.92 Å². The number of unbranched alkanes of at least 4 members (excludes halogenated alkanes) is 1. The Balaban J connectivity index is 1.89. The first-order chi connectivity index (χ1) is 16.5. The Bertz CT molecular complexity index is 1100. The summed E-state index contributed by atoms with van der Waals surface area (Å²) in [6, 6.07) is 5.32. The van der Waals surface area contributed by atoms with Crippen molar-refractivity contribution < 1.29 is 14.6 Å². The monoisotopic (exact) mass is 504 g/mol. The van der Waals surface area contributed by atoms with Gasteiger partial charge in [-0.05, 0) is 30.5 Å². The van der Waals surface area contributed by atoms with Gasteiger partial charge >= 0.3 is 0 Å². The van der Waals surface area contributed by atoms with E-state index in [4.69, 9.17) is 22.1 Å². The number of pyridine rings is 1. The summed E-state index contributed by atoms with van der Waals surface area (Å²) in [4.78, 5) is 33.2. The zero-order valence-electron chi connectivity index (χ0n) is 19.7. The van der Waals surface area contributed by atoms with Gasteiger partial charge in [-0.2, -0.15) is 0 Å². The summed E-state index contributed by atoms with van der Waals surface area (Å²) in [7, 11) is 0. The standard InChI is InChI=1S/C24H32N4O4S2/c1-3-5-8-17(4-2)16-28-23(31)19(34-24(28)33)15-18-21(25-10-13-32-14-12-29)26-20-9-6-7-11-27(20)22(18)30/h6-7,9,11,15,17,25,29H,3-5,8,10,12-14,16H2,1-2H3/b19-15-. The van der Waals surface area contributed by atoms with Crippen LogP contribution in [0.2, 0.25) is 0 Å². The SMILES string of the molecule is CCCCC(CC)CN1C(=O)/C(=C/c2c(NCCOCCO)nc3ccccn3c2=O)SC1=S. The fourth-order valence-electron chi connectivity index (χ4n) is 3.74. The van der Waals surface area contributed by atoms with E-state index in [0.29, 0.717) is 51.9 Å². The molecule has 1 amide bonds. The molecule has 0 saturated carbocycles. The summed E-state index contributed by atoms with van der Waals surface area (Å²) in [5.74, 6) is 0.606. The molecule has 2 N–H and O–H groups in total. The minimum Gasteiger partial charge on any atom is -0.394 e. The average Bonchev–Trinajstić information content (AvgIpc) is 3.10. The summed E-state index contributed by atoms with van der Waals surface area (Å²) in [6.45, 7) is 5.82. The van der Waals surface area contributed by atoms with Crippen molar-refractivity contribution in [3.05, 3.63) is 45.2 Å². The quantitative estimate of drug-likeness (QED) is 0.243. The van der Waals surface area contributed by atoms with Crippen molar-refractivity contribution in [2.45, 2.75) is 39.5 Å². The van der Waals surface area contributed by atoms with Crippen LogP contribution in [0.4, 0.5) is 5.82 Å². The van der Waals surface area contributed by atoms with Crippen molar-refractivity contribution in [2.24, 2.45) is 5.92 Å². The third-order valence-corrected chi connectivity index (χ3v) is 7.05. The number of hydrogen-bond acceptors (Lipinski definition) is 8. The fraction of sp³-hybridized carbons (Fsp3) is 0.500. The van der Waals surface area contributed by atoms with Crippen molar-refractivity contribution in [1.82, 2.24) is 14.3 Å². The van der Waals surface area contributed by atoms with E-state index >= 15 is 0 Å². The van der Waals surface area contributed by atoms with Gasteiger partial charge in [-0.1, -0.05) is 63.2 Å². The Morgan fingerprint density at radius 2 is 2.12 bits per heavy atom. The van der Waals surface area contributed by atoms with Gasteiger partial charge in [0.25, 0.3) is 11.5 Å². The molecule has 8 nitrogen and oxygen atoms in total. The Morgan fingerprint density at radius 3 is 2.85 bits per heavy atom.